The zero-order chi connectivity index (χ0) is 16.6. The number of carboxylic acid groups (broad SMARTS) is 1. The molecule has 1 atom stereocenters. The smallest absolute Gasteiger partial charge is 0.317 e. The summed E-state index contributed by atoms with van der Waals surface area (Å²) in [4.78, 5) is 25.2. The summed E-state index contributed by atoms with van der Waals surface area (Å²) in [7, 11) is 1.91. The number of fused-ring (bicyclic) bond motifs is 1. The van der Waals surface area contributed by atoms with Gasteiger partial charge in [0.1, 0.15) is 0 Å². The lowest BCUT2D eigenvalue weighted by molar-refractivity contribution is -0.147. The van der Waals surface area contributed by atoms with E-state index in [0.29, 0.717) is 19.5 Å². The predicted molar refractivity (Wildman–Crippen MR) is 84.0 cm³/mol. The molecule has 126 valence electrons. The first kappa shape index (κ1) is 15.8. The summed E-state index contributed by atoms with van der Waals surface area (Å²) in [5.41, 5.74) is 2.66. The van der Waals surface area contributed by atoms with Crippen molar-refractivity contribution in [2.75, 3.05) is 13.1 Å². The van der Waals surface area contributed by atoms with Crippen molar-refractivity contribution in [2.24, 2.45) is 12.5 Å². The lowest BCUT2D eigenvalue weighted by atomic mass is 9.90. The number of amides is 2. The van der Waals surface area contributed by atoms with Gasteiger partial charge in [-0.05, 0) is 44.6 Å². The van der Waals surface area contributed by atoms with E-state index in [2.05, 4.69) is 10.4 Å². The summed E-state index contributed by atoms with van der Waals surface area (Å²) >= 11 is 0. The number of carboxylic acids is 1. The largest absolute Gasteiger partial charge is 0.481 e. The van der Waals surface area contributed by atoms with Crippen molar-refractivity contribution in [1.82, 2.24) is 20.0 Å². The molecule has 7 nitrogen and oxygen atoms in total. The fraction of sp³-hybridized carbons (Fsp3) is 0.688. The van der Waals surface area contributed by atoms with Crippen LogP contribution in [0.2, 0.25) is 0 Å². The monoisotopic (exact) mass is 320 g/mol. The Kier molecular flexibility index (Phi) is 4.04. The number of nitrogens with one attached hydrogen (secondary N) is 1. The zero-order valence-electron chi connectivity index (χ0n) is 13.8. The van der Waals surface area contributed by atoms with Gasteiger partial charge in [-0.15, -0.1) is 0 Å². The number of hydrogen-bond donors (Lipinski definition) is 2. The molecular formula is C16H24N4O3. The predicted octanol–water partition coefficient (Wildman–Crippen LogP) is 1.31. The normalized spacial score (nSPS) is 23.7. The van der Waals surface area contributed by atoms with E-state index in [1.807, 2.05) is 11.7 Å². The molecule has 23 heavy (non-hydrogen) atoms. The Morgan fingerprint density at radius 1 is 1.35 bits per heavy atom. The standard InChI is InChI=1S/C16H24N4O3/c1-16(14(21)22)7-8-20(10-16)15(23)17-9-13-11-5-3-4-6-12(11)18-19(13)2/h3-10H2,1-2H3,(H,17,23)(H,21,22). The van der Waals surface area contributed by atoms with Crippen LogP contribution in [-0.4, -0.2) is 44.9 Å². The van der Waals surface area contributed by atoms with Crippen LogP contribution in [0.3, 0.4) is 0 Å². The number of likely N-dealkylation sites (tertiary alicyclic amines) is 1. The van der Waals surface area contributed by atoms with Crippen LogP contribution < -0.4 is 5.32 Å². The Morgan fingerprint density at radius 2 is 2.09 bits per heavy atom. The Morgan fingerprint density at radius 3 is 2.78 bits per heavy atom. The van der Waals surface area contributed by atoms with Gasteiger partial charge < -0.3 is 15.3 Å². The topological polar surface area (TPSA) is 87.5 Å². The molecule has 1 fully saturated rings. The third-order valence-corrected chi connectivity index (χ3v) is 5.13. The van der Waals surface area contributed by atoms with Gasteiger partial charge in [0.2, 0.25) is 0 Å². The van der Waals surface area contributed by atoms with Gasteiger partial charge in [0, 0.05) is 20.1 Å². The van der Waals surface area contributed by atoms with Crippen molar-refractivity contribution in [3.8, 4) is 0 Å². The highest BCUT2D eigenvalue weighted by atomic mass is 16.4. The fourth-order valence-electron chi connectivity index (χ4n) is 3.55. The van der Waals surface area contributed by atoms with Crippen molar-refractivity contribution >= 4 is 12.0 Å². The van der Waals surface area contributed by atoms with Crippen LogP contribution in [0.15, 0.2) is 0 Å². The van der Waals surface area contributed by atoms with E-state index >= 15 is 0 Å². The second-order valence-corrected chi connectivity index (χ2v) is 6.90. The summed E-state index contributed by atoms with van der Waals surface area (Å²) in [6.45, 7) is 2.88. The van der Waals surface area contributed by atoms with Gasteiger partial charge in [-0.3, -0.25) is 9.48 Å². The van der Waals surface area contributed by atoms with Crippen LogP contribution >= 0.6 is 0 Å². The van der Waals surface area contributed by atoms with Crippen molar-refractivity contribution < 1.29 is 14.7 Å². The van der Waals surface area contributed by atoms with Gasteiger partial charge in [-0.2, -0.15) is 5.10 Å². The van der Waals surface area contributed by atoms with Gasteiger partial charge in [0.25, 0.3) is 0 Å². The van der Waals surface area contributed by atoms with Crippen LogP contribution in [0.25, 0.3) is 0 Å². The van der Waals surface area contributed by atoms with Gasteiger partial charge >= 0.3 is 12.0 Å². The van der Waals surface area contributed by atoms with E-state index < -0.39 is 11.4 Å². The molecule has 3 rings (SSSR count). The molecule has 1 aliphatic heterocycles. The lowest BCUT2D eigenvalue weighted by Crippen LogP contribution is -2.41. The van der Waals surface area contributed by atoms with Crippen LogP contribution in [0.1, 0.15) is 43.1 Å². The van der Waals surface area contributed by atoms with Crippen molar-refractivity contribution in [3.63, 3.8) is 0 Å². The molecule has 7 heteroatoms. The highest BCUT2D eigenvalue weighted by molar-refractivity contribution is 5.79. The summed E-state index contributed by atoms with van der Waals surface area (Å²) in [6.07, 6.45) is 4.88. The Labute approximate surface area is 135 Å². The molecule has 0 saturated carbocycles. The number of hydrogen-bond acceptors (Lipinski definition) is 3. The quantitative estimate of drug-likeness (QED) is 0.879. The first-order valence-electron chi connectivity index (χ1n) is 8.20. The van der Waals surface area contributed by atoms with Gasteiger partial charge in [-0.25, -0.2) is 4.79 Å². The Bertz CT molecular complexity index is 640. The van der Waals surface area contributed by atoms with Gasteiger partial charge in [0.05, 0.1) is 23.3 Å². The zero-order valence-corrected chi connectivity index (χ0v) is 13.8. The molecule has 0 radical (unpaired) electrons. The van der Waals surface area contributed by atoms with E-state index in [1.54, 1.807) is 11.8 Å². The molecular weight excluding hydrogens is 296 g/mol. The molecule has 2 aliphatic rings. The van der Waals surface area contributed by atoms with Crippen LogP contribution in [0.4, 0.5) is 4.79 Å². The summed E-state index contributed by atoms with van der Waals surface area (Å²) < 4.78 is 1.86. The number of aromatic nitrogens is 2. The maximum absolute atomic E-state index is 12.3. The minimum Gasteiger partial charge on any atom is -0.481 e. The molecule has 1 aromatic heterocycles. The molecule has 1 aromatic rings. The molecule has 1 aliphatic carbocycles. The Balaban J connectivity index is 1.62. The van der Waals surface area contributed by atoms with Gasteiger partial charge in [-0.1, -0.05) is 0 Å². The fourth-order valence-corrected chi connectivity index (χ4v) is 3.55. The minimum atomic E-state index is -0.839. The molecule has 2 N–H and O–H groups in total. The summed E-state index contributed by atoms with van der Waals surface area (Å²) in [5.74, 6) is -0.839. The molecule has 0 bridgehead atoms. The maximum atomic E-state index is 12.3. The van der Waals surface area contributed by atoms with E-state index in [1.165, 1.54) is 18.4 Å². The number of carbonyl (C=O) groups is 2. The lowest BCUT2D eigenvalue weighted by Gasteiger charge is -2.21. The molecule has 1 saturated heterocycles. The second kappa shape index (κ2) is 5.86. The minimum absolute atomic E-state index is 0.194. The third-order valence-electron chi connectivity index (χ3n) is 5.13. The summed E-state index contributed by atoms with van der Waals surface area (Å²) in [5, 5.41) is 16.7. The summed E-state index contributed by atoms with van der Waals surface area (Å²) in [6, 6.07) is -0.194. The average Bonchev–Trinajstić information content (AvgIpc) is 3.06. The van der Waals surface area contributed by atoms with Crippen molar-refractivity contribution in [1.29, 1.82) is 0 Å². The van der Waals surface area contributed by atoms with Gasteiger partial charge in [0.15, 0.2) is 0 Å². The average molecular weight is 320 g/mol. The van der Waals surface area contributed by atoms with E-state index in [4.69, 9.17) is 0 Å². The molecule has 1 unspecified atom stereocenters. The van der Waals surface area contributed by atoms with E-state index in [-0.39, 0.29) is 12.6 Å². The third kappa shape index (κ3) is 2.92. The van der Waals surface area contributed by atoms with Crippen LogP contribution in [-0.2, 0) is 31.2 Å². The highest BCUT2D eigenvalue weighted by Gasteiger charge is 2.42. The number of rotatable bonds is 3. The first-order valence-corrected chi connectivity index (χ1v) is 8.20. The molecule has 2 heterocycles. The number of aliphatic carboxylic acids is 1. The van der Waals surface area contributed by atoms with Crippen LogP contribution in [0.5, 0.6) is 0 Å². The maximum Gasteiger partial charge on any atom is 0.317 e. The Hall–Kier alpha value is -2.05. The molecule has 0 spiro atoms. The van der Waals surface area contributed by atoms with E-state index in [9.17, 15) is 14.7 Å². The van der Waals surface area contributed by atoms with Crippen LogP contribution in [0, 0.1) is 5.41 Å². The number of carbonyl (C=O) groups excluding carboxylic acids is 1. The molecule has 0 aromatic carbocycles. The number of nitrogens with zero attached hydrogens (tertiary/aromatic N) is 3. The first-order chi connectivity index (χ1) is 10.9. The number of aryl methyl sites for hydroxylation is 2. The highest BCUT2D eigenvalue weighted by Crippen LogP contribution is 2.30. The second-order valence-electron chi connectivity index (χ2n) is 6.90. The van der Waals surface area contributed by atoms with Crippen molar-refractivity contribution in [3.05, 3.63) is 17.0 Å². The SMILES string of the molecule is Cn1nc2c(c1CNC(=O)N1CCC(C)(C(=O)O)C1)CCCC2. The van der Waals surface area contributed by atoms with E-state index in [0.717, 1.165) is 24.2 Å². The molecule has 2 amide bonds. The number of urea groups is 1. The van der Waals surface area contributed by atoms with Crippen molar-refractivity contribution in [2.45, 2.75) is 45.6 Å².